The minimum atomic E-state index is -4.63. The van der Waals surface area contributed by atoms with Crippen LogP contribution in [-0.4, -0.2) is 137 Å². The smallest absolute Gasteiger partial charge is 0.394 e. The molecule has 4 heterocycles. The fourth-order valence-corrected chi connectivity index (χ4v) is 6.72. The number of amides is 1. The lowest BCUT2D eigenvalue weighted by Crippen LogP contribution is -2.46. The highest BCUT2D eigenvalue weighted by Crippen LogP contribution is 2.31. The van der Waals surface area contributed by atoms with Gasteiger partial charge < -0.3 is 30.5 Å². The maximum Gasteiger partial charge on any atom is 0.394 e. The average Bonchev–Trinajstić information content (AvgIpc) is 3.40. The average molecular weight is 749 g/mol. The van der Waals surface area contributed by atoms with E-state index >= 15 is 4.39 Å². The number of rotatable bonds is 11. The van der Waals surface area contributed by atoms with Crippen molar-refractivity contribution in [2.45, 2.75) is 36.1 Å². The number of nitrogens with one attached hydrogen (secondary N) is 3. The Kier molecular flexibility index (Phi) is 12.4. The quantitative estimate of drug-likeness (QED) is 0.153. The fraction of sp³-hybridized carbons (Fsp3) is 0.486. The van der Waals surface area contributed by atoms with Gasteiger partial charge >= 0.3 is 6.18 Å². The van der Waals surface area contributed by atoms with Gasteiger partial charge in [0.15, 0.2) is 15.5 Å². The number of alkyl halides is 4. The van der Waals surface area contributed by atoms with Crippen LogP contribution in [0.15, 0.2) is 47.5 Å². The molecule has 2 aromatic heterocycles. The molecule has 1 amide bonds. The number of pyridine rings is 1. The van der Waals surface area contributed by atoms with Gasteiger partial charge in [-0.3, -0.25) is 14.1 Å². The second kappa shape index (κ2) is 16.5. The lowest BCUT2D eigenvalue weighted by Gasteiger charge is -2.33. The molecule has 17 heteroatoms. The van der Waals surface area contributed by atoms with Gasteiger partial charge in [-0.2, -0.15) is 13.2 Å². The van der Waals surface area contributed by atoms with Gasteiger partial charge in [-0.05, 0) is 44.6 Å². The number of fused-ring (bicyclic) bond motifs is 1. The van der Waals surface area contributed by atoms with Gasteiger partial charge in [-0.25, -0.2) is 17.8 Å². The number of carbonyl (C=O) groups excluding carboxylic acids is 1. The maximum absolute atomic E-state index is 15.2. The summed E-state index contributed by atoms with van der Waals surface area (Å²) in [6.45, 7) is 4.93. The highest BCUT2D eigenvalue weighted by molar-refractivity contribution is 7.90. The molecule has 52 heavy (non-hydrogen) atoms. The largest absolute Gasteiger partial charge is 0.495 e. The Balaban J connectivity index is 1.45. The Morgan fingerprint density at radius 2 is 1.85 bits per heavy atom. The van der Waals surface area contributed by atoms with Crippen molar-refractivity contribution in [1.29, 1.82) is 0 Å². The van der Waals surface area contributed by atoms with E-state index in [1.54, 1.807) is 12.1 Å². The second-order valence-electron chi connectivity index (χ2n) is 13.1. The van der Waals surface area contributed by atoms with Crippen LogP contribution in [0.1, 0.15) is 17.8 Å². The molecule has 0 bridgehead atoms. The van der Waals surface area contributed by atoms with Gasteiger partial charge in [0.05, 0.1) is 53.8 Å². The van der Waals surface area contributed by atoms with Crippen molar-refractivity contribution in [1.82, 2.24) is 24.1 Å². The van der Waals surface area contributed by atoms with Gasteiger partial charge in [0, 0.05) is 70.4 Å². The molecule has 0 aliphatic carbocycles. The van der Waals surface area contributed by atoms with E-state index in [4.69, 9.17) is 4.74 Å². The summed E-state index contributed by atoms with van der Waals surface area (Å²) in [7, 11) is 1.76. The van der Waals surface area contributed by atoms with Crippen molar-refractivity contribution in [3.63, 3.8) is 0 Å². The SMILES string of the molecule is COc1cc(S(C)(=O)=O)ccc1NCC#Cc1nc2c(N[C@@H]3CCN(C)C[C@@H]3F)cc(NC(=O)/C=C/CN3CCN(C)CC3)cn2c1CC(F)(F)F. The van der Waals surface area contributed by atoms with Gasteiger partial charge in [0.2, 0.25) is 5.91 Å². The molecule has 2 saturated heterocycles. The highest BCUT2D eigenvalue weighted by Gasteiger charge is 2.33. The third kappa shape index (κ3) is 10.4. The normalized spacial score (nSPS) is 19.4. The summed E-state index contributed by atoms with van der Waals surface area (Å²) < 4.78 is 87.6. The molecule has 0 unspecified atom stereocenters. The maximum atomic E-state index is 15.2. The number of anilines is 3. The van der Waals surface area contributed by atoms with Gasteiger partial charge in [0.1, 0.15) is 17.6 Å². The van der Waals surface area contributed by atoms with Crippen molar-refractivity contribution in [2.75, 3.05) is 95.8 Å². The minimum Gasteiger partial charge on any atom is -0.495 e. The number of likely N-dealkylation sites (N-methyl/N-ethyl adjacent to an activating group) is 1. The lowest BCUT2D eigenvalue weighted by atomic mass is 10.0. The van der Waals surface area contributed by atoms with Crippen LogP contribution in [0.4, 0.5) is 34.6 Å². The van der Waals surface area contributed by atoms with Crippen LogP contribution < -0.4 is 20.7 Å². The summed E-state index contributed by atoms with van der Waals surface area (Å²) in [5, 5.41) is 8.89. The Bertz CT molecular complexity index is 1950. The molecule has 3 N–H and O–H groups in total. The molecule has 0 saturated carbocycles. The zero-order chi connectivity index (χ0) is 37.6. The van der Waals surface area contributed by atoms with Crippen LogP contribution in [0.3, 0.4) is 0 Å². The second-order valence-corrected chi connectivity index (χ2v) is 15.2. The van der Waals surface area contributed by atoms with Crippen LogP contribution in [0.5, 0.6) is 5.75 Å². The molecule has 0 radical (unpaired) electrons. The van der Waals surface area contributed by atoms with E-state index in [2.05, 4.69) is 49.6 Å². The lowest BCUT2D eigenvalue weighted by molar-refractivity contribution is -0.128. The number of aromatic nitrogens is 2. The molecule has 5 rings (SSSR count). The fourth-order valence-electron chi connectivity index (χ4n) is 6.08. The third-order valence-electron chi connectivity index (χ3n) is 8.94. The molecule has 2 atom stereocenters. The number of piperidine rings is 1. The molecule has 2 aliphatic heterocycles. The first kappa shape index (κ1) is 38.9. The number of ether oxygens (including phenoxy) is 1. The van der Waals surface area contributed by atoms with Gasteiger partial charge in [0.25, 0.3) is 0 Å². The molecular formula is C35H44F4N8O4S. The summed E-state index contributed by atoms with van der Waals surface area (Å²) in [5.74, 6) is 5.31. The van der Waals surface area contributed by atoms with E-state index in [1.807, 2.05) is 11.9 Å². The number of nitrogens with zero attached hydrogens (tertiary/aromatic N) is 5. The monoisotopic (exact) mass is 748 g/mol. The van der Waals surface area contributed by atoms with Crippen LogP contribution in [-0.2, 0) is 21.1 Å². The topological polar surface area (TPSA) is 124 Å². The number of sulfone groups is 1. The van der Waals surface area contributed by atoms with Crippen molar-refractivity contribution in [3.05, 3.63) is 54.0 Å². The van der Waals surface area contributed by atoms with Gasteiger partial charge in [-0.15, -0.1) is 0 Å². The predicted molar refractivity (Wildman–Crippen MR) is 193 cm³/mol. The molecule has 12 nitrogen and oxygen atoms in total. The zero-order valence-electron chi connectivity index (χ0n) is 29.6. The van der Waals surface area contributed by atoms with Crippen LogP contribution in [0.25, 0.3) is 5.65 Å². The Labute approximate surface area is 301 Å². The number of hydrogen-bond acceptors (Lipinski definition) is 10. The van der Waals surface area contributed by atoms with E-state index in [-0.39, 0.29) is 52.1 Å². The van der Waals surface area contributed by atoms with Crippen molar-refractivity contribution >= 4 is 38.5 Å². The van der Waals surface area contributed by atoms with E-state index in [1.165, 1.54) is 42.0 Å². The van der Waals surface area contributed by atoms with E-state index < -0.39 is 40.6 Å². The first-order valence-corrected chi connectivity index (χ1v) is 18.7. The predicted octanol–water partition coefficient (Wildman–Crippen LogP) is 3.51. The first-order chi connectivity index (χ1) is 24.6. The Morgan fingerprint density at radius 1 is 1.10 bits per heavy atom. The van der Waals surface area contributed by atoms with Crippen molar-refractivity contribution in [2.24, 2.45) is 0 Å². The van der Waals surface area contributed by atoms with E-state index in [0.717, 1.165) is 32.4 Å². The number of imidazole rings is 1. The molecule has 2 aliphatic rings. The summed E-state index contributed by atoms with van der Waals surface area (Å²) >= 11 is 0. The number of carbonyl (C=O) groups is 1. The van der Waals surface area contributed by atoms with Crippen molar-refractivity contribution < 1.29 is 35.5 Å². The summed E-state index contributed by atoms with van der Waals surface area (Å²) in [6, 6.07) is 5.17. The van der Waals surface area contributed by atoms with Crippen LogP contribution in [0.2, 0.25) is 0 Å². The number of likely N-dealkylation sites (tertiary alicyclic amines) is 1. The molecule has 3 aromatic rings. The van der Waals surface area contributed by atoms with E-state index in [0.29, 0.717) is 25.2 Å². The molecular weight excluding hydrogens is 704 g/mol. The number of benzene rings is 1. The molecule has 282 valence electrons. The molecule has 0 spiro atoms. The number of hydrogen-bond donors (Lipinski definition) is 3. The summed E-state index contributed by atoms with van der Waals surface area (Å²) in [6.07, 6.45) is -1.24. The zero-order valence-corrected chi connectivity index (χ0v) is 30.4. The Hall–Kier alpha value is -4.37. The first-order valence-electron chi connectivity index (χ1n) is 16.8. The van der Waals surface area contributed by atoms with Crippen molar-refractivity contribution in [3.8, 4) is 17.6 Å². The number of methoxy groups -OCH3 is 1. The third-order valence-corrected chi connectivity index (χ3v) is 10.1. The minimum absolute atomic E-state index is 0.0418. The standard InChI is InChI=1S/C35H44F4N8O4S/c1-44-15-17-46(18-16-44)13-6-8-33(48)41-24-19-30(42-27-11-14-45(2)23-26(27)36)34-43-28(31(47(34)22-24)21-35(37,38)39)7-5-12-40-29-10-9-25(52(4,49)50)20-32(29)51-3/h6,8-10,19-20,22,26-27,40,42H,11-18,21,23H2,1-4H3,(H,41,48)/b8-6+/t26-,27+/m0/s1. The van der Waals surface area contributed by atoms with Crippen LogP contribution >= 0.6 is 0 Å². The molecule has 1 aromatic carbocycles. The van der Waals surface area contributed by atoms with E-state index in [9.17, 15) is 26.4 Å². The van der Waals surface area contributed by atoms with Gasteiger partial charge in [-0.1, -0.05) is 12.0 Å². The number of piperazine rings is 1. The van der Waals surface area contributed by atoms with Crippen LogP contribution in [0, 0.1) is 11.8 Å². The summed E-state index contributed by atoms with van der Waals surface area (Å²) in [4.78, 5) is 23.8. The highest BCUT2D eigenvalue weighted by atomic mass is 32.2. The molecule has 2 fully saturated rings. The Morgan fingerprint density at radius 3 is 2.52 bits per heavy atom. The number of halogens is 4. The summed E-state index contributed by atoms with van der Waals surface area (Å²) in [5.41, 5.74) is 0.579.